The van der Waals surface area contributed by atoms with Gasteiger partial charge in [-0.05, 0) is 17.7 Å². The first kappa shape index (κ1) is 19.9. The van der Waals surface area contributed by atoms with Crippen LogP contribution >= 0.6 is 0 Å². The highest BCUT2D eigenvalue weighted by Gasteiger charge is 2.49. The topological polar surface area (TPSA) is 112 Å². The largest absolute Gasteiger partial charge is 0.473 e. The van der Waals surface area contributed by atoms with Crippen LogP contribution in [0.4, 0.5) is 10.2 Å². The monoisotopic (exact) mass is 409 g/mol. The van der Waals surface area contributed by atoms with Crippen molar-refractivity contribution in [2.24, 2.45) is 0 Å². The Balaban J connectivity index is 1.61. The van der Waals surface area contributed by atoms with Crippen LogP contribution in [0.15, 0.2) is 29.1 Å². The van der Waals surface area contributed by atoms with Crippen molar-refractivity contribution in [1.29, 1.82) is 5.26 Å². The van der Waals surface area contributed by atoms with Gasteiger partial charge >= 0.3 is 5.69 Å². The molecular formula is C19H17BFN5O4. The molecular weight excluding hydrogens is 392 g/mol. The van der Waals surface area contributed by atoms with Crippen LogP contribution in [-0.4, -0.2) is 59.0 Å². The number of aromatic nitrogens is 2. The fraction of sp³-hybridized carbons (Fsp3) is 0.368. The molecule has 11 heteroatoms. The third kappa shape index (κ3) is 3.19. The number of carbonyl (C=O) groups excluding carboxylic acids is 1. The Morgan fingerprint density at radius 3 is 2.93 bits per heavy atom. The van der Waals surface area contributed by atoms with Crippen LogP contribution in [0.5, 0.6) is 5.88 Å². The molecule has 1 N–H and O–H groups in total. The molecule has 0 bridgehead atoms. The van der Waals surface area contributed by atoms with Gasteiger partial charge in [0.15, 0.2) is 0 Å². The van der Waals surface area contributed by atoms with Gasteiger partial charge in [-0.25, -0.2) is 9.18 Å². The van der Waals surface area contributed by atoms with Crippen LogP contribution in [-0.2, 0) is 17.0 Å². The molecule has 1 fully saturated rings. The molecule has 0 saturated carbocycles. The Morgan fingerprint density at radius 2 is 2.23 bits per heavy atom. The predicted octanol–water partition coefficient (Wildman–Crippen LogP) is -0.345. The Bertz CT molecular complexity index is 1130. The van der Waals surface area contributed by atoms with Gasteiger partial charge in [-0.3, -0.25) is 9.36 Å². The van der Waals surface area contributed by atoms with Crippen LogP contribution in [0.25, 0.3) is 0 Å². The third-order valence-corrected chi connectivity index (χ3v) is 5.39. The van der Waals surface area contributed by atoms with Gasteiger partial charge in [-0.2, -0.15) is 10.2 Å². The molecule has 2 atom stereocenters. The van der Waals surface area contributed by atoms with Gasteiger partial charge in [0.1, 0.15) is 37.8 Å². The van der Waals surface area contributed by atoms with Crippen LogP contribution in [0.2, 0.25) is 0 Å². The first-order chi connectivity index (χ1) is 14.2. The van der Waals surface area contributed by atoms with Crippen LogP contribution < -0.4 is 15.3 Å². The number of halogens is 1. The zero-order valence-corrected chi connectivity index (χ0v) is 16.1. The van der Waals surface area contributed by atoms with Crippen molar-refractivity contribution >= 4 is 19.6 Å². The number of aliphatic hydroxyl groups is 1. The lowest BCUT2D eigenvalue weighted by molar-refractivity contribution is -0.130. The number of nitriles is 1. The van der Waals surface area contributed by atoms with E-state index in [1.807, 2.05) is 0 Å². The minimum absolute atomic E-state index is 0.000435. The molecule has 3 heterocycles. The molecule has 4 rings (SSSR count). The molecule has 1 aromatic carbocycles. The van der Waals surface area contributed by atoms with Crippen molar-refractivity contribution in [3.63, 3.8) is 0 Å². The standard InChI is InChI=1S/C19H17BFN5O4/c1-11(27)24-4-5-25-15(9-24)19(20,29)26-17(25)7-16(23-18(26)28)30-10-12-2-3-14(21)13(6-12)8-22/h2-3,6-7,15,29H,4-5,9-10H2,1H3. The van der Waals surface area contributed by atoms with E-state index in [1.165, 1.54) is 25.1 Å². The molecule has 2 unspecified atom stereocenters. The number of nitrogens with zero attached hydrogens (tertiary/aromatic N) is 5. The molecule has 1 aromatic heterocycles. The summed E-state index contributed by atoms with van der Waals surface area (Å²) in [7, 11) is 6.06. The molecule has 1 saturated heterocycles. The summed E-state index contributed by atoms with van der Waals surface area (Å²) in [4.78, 5) is 31.4. The second-order valence-corrected chi connectivity index (χ2v) is 7.24. The van der Waals surface area contributed by atoms with Crippen molar-refractivity contribution in [3.8, 4) is 11.9 Å². The lowest BCUT2D eigenvalue weighted by Gasteiger charge is -2.41. The van der Waals surface area contributed by atoms with Gasteiger partial charge in [0.25, 0.3) is 0 Å². The van der Waals surface area contributed by atoms with Gasteiger partial charge in [0.2, 0.25) is 11.8 Å². The van der Waals surface area contributed by atoms with E-state index in [0.717, 1.165) is 10.6 Å². The molecule has 0 aliphatic carbocycles. The van der Waals surface area contributed by atoms with E-state index in [0.29, 0.717) is 24.5 Å². The summed E-state index contributed by atoms with van der Waals surface area (Å²) in [6, 6.07) is 6.50. The van der Waals surface area contributed by atoms with Gasteiger partial charge in [0, 0.05) is 32.6 Å². The maximum Gasteiger partial charge on any atom is 0.354 e. The quantitative estimate of drug-likeness (QED) is 0.691. The molecule has 0 spiro atoms. The fourth-order valence-electron chi connectivity index (χ4n) is 3.83. The van der Waals surface area contributed by atoms with E-state index in [2.05, 4.69) is 4.98 Å². The number of amides is 1. The number of fused-ring (bicyclic) bond motifs is 3. The van der Waals surface area contributed by atoms with E-state index in [9.17, 15) is 19.1 Å². The Labute approximate surface area is 172 Å². The summed E-state index contributed by atoms with van der Waals surface area (Å²) < 4.78 is 20.0. The molecule has 2 aliphatic heterocycles. The Kier molecular flexibility index (Phi) is 4.74. The average molecular weight is 409 g/mol. The zero-order valence-electron chi connectivity index (χ0n) is 16.1. The maximum atomic E-state index is 13.5. The van der Waals surface area contributed by atoms with Gasteiger partial charge in [-0.15, -0.1) is 0 Å². The van der Waals surface area contributed by atoms with Crippen molar-refractivity contribution in [3.05, 3.63) is 51.7 Å². The molecule has 2 aliphatic rings. The zero-order chi connectivity index (χ0) is 21.6. The van der Waals surface area contributed by atoms with E-state index in [-0.39, 0.29) is 30.5 Å². The third-order valence-electron chi connectivity index (χ3n) is 5.39. The molecule has 152 valence electrons. The molecule has 2 aromatic rings. The SMILES string of the molecule is [B]C1(O)C2CN(C(C)=O)CCN2c2cc(OCc3ccc(F)c(C#N)c3)nc(=O)n21. The number of hydrogen-bond acceptors (Lipinski definition) is 7. The van der Waals surface area contributed by atoms with Crippen molar-refractivity contribution in [1.82, 2.24) is 14.5 Å². The van der Waals surface area contributed by atoms with Crippen LogP contribution in [0, 0.1) is 17.1 Å². The number of piperazine rings is 1. The lowest BCUT2D eigenvalue weighted by atomic mass is 9.83. The van der Waals surface area contributed by atoms with Crippen LogP contribution in [0.3, 0.4) is 0 Å². The molecule has 30 heavy (non-hydrogen) atoms. The van der Waals surface area contributed by atoms with Gasteiger partial charge in [0.05, 0.1) is 11.6 Å². The minimum Gasteiger partial charge on any atom is -0.473 e. The summed E-state index contributed by atoms with van der Waals surface area (Å²) in [6.45, 7) is 2.34. The Morgan fingerprint density at radius 1 is 1.47 bits per heavy atom. The fourth-order valence-corrected chi connectivity index (χ4v) is 3.83. The highest BCUT2D eigenvalue weighted by Crippen LogP contribution is 2.37. The number of benzene rings is 1. The number of carbonyl (C=O) groups is 1. The van der Waals surface area contributed by atoms with Gasteiger partial charge < -0.3 is 19.6 Å². The smallest absolute Gasteiger partial charge is 0.354 e. The molecule has 1 amide bonds. The second kappa shape index (κ2) is 7.14. The van der Waals surface area contributed by atoms with Gasteiger partial charge in [-0.1, -0.05) is 6.07 Å². The first-order valence-electron chi connectivity index (χ1n) is 9.21. The van der Waals surface area contributed by atoms with Crippen LogP contribution in [0.1, 0.15) is 18.1 Å². The minimum atomic E-state index is -2.04. The van der Waals surface area contributed by atoms with E-state index < -0.39 is 23.2 Å². The second-order valence-electron chi connectivity index (χ2n) is 7.24. The van der Waals surface area contributed by atoms with E-state index in [1.54, 1.807) is 15.9 Å². The summed E-state index contributed by atoms with van der Waals surface area (Å²) >= 11 is 0. The van der Waals surface area contributed by atoms with E-state index >= 15 is 0 Å². The normalized spacial score (nSPS) is 22.3. The highest BCUT2D eigenvalue weighted by atomic mass is 19.1. The molecule has 2 radical (unpaired) electrons. The number of anilines is 1. The van der Waals surface area contributed by atoms with Crippen molar-refractivity contribution in [2.75, 3.05) is 24.5 Å². The van der Waals surface area contributed by atoms with E-state index in [4.69, 9.17) is 17.8 Å². The average Bonchev–Trinajstić information content (AvgIpc) is 2.94. The summed E-state index contributed by atoms with van der Waals surface area (Å²) in [5.41, 5.74) is -2.42. The van der Waals surface area contributed by atoms with Crippen molar-refractivity contribution in [2.45, 2.75) is 25.2 Å². The van der Waals surface area contributed by atoms with Crippen molar-refractivity contribution < 1.29 is 19.0 Å². The summed E-state index contributed by atoms with van der Waals surface area (Å²) in [5.74, 6) is -0.445. The number of ether oxygens (including phenoxy) is 1. The summed E-state index contributed by atoms with van der Waals surface area (Å²) in [5, 5.41) is 19.7. The number of hydrogen-bond donors (Lipinski definition) is 1. The Hall–Kier alpha value is -3.39. The number of rotatable bonds is 3. The molecule has 9 nitrogen and oxygen atoms in total. The summed E-state index contributed by atoms with van der Waals surface area (Å²) in [6.07, 6.45) is 0. The highest BCUT2D eigenvalue weighted by molar-refractivity contribution is 6.14. The first-order valence-corrected chi connectivity index (χ1v) is 9.21. The lowest BCUT2D eigenvalue weighted by Crippen LogP contribution is -2.60. The maximum absolute atomic E-state index is 13.5. The predicted molar refractivity (Wildman–Crippen MR) is 103 cm³/mol.